The molecule has 0 aliphatic rings. The van der Waals surface area contributed by atoms with Gasteiger partial charge in [0.1, 0.15) is 17.3 Å². The highest BCUT2D eigenvalue weighted by Crippen LogP contribution is 2.37. The van der Waals surface area contributed by atoms with Crippen LogP contribution in [0.2, 0.25) is 0 Å². The van der Waals surface area contributed by atoms with Gasteiger partial charge in [-0.05, 0) is 90.9 Å². The van der Waals surface area contributed by atoms with Gasteiger partial charge in [0.25, 0.3) is 0 Å². The highest BCUT2D eigenvalue weighted by molar-refractivity contribution is 6.09. The average Bonchev–Trinajstić information content (AvgIpc) is 3.53. The first-order valence-electron chi connectivity index (χ1n) is 15.7. The van der Waals surface area contributed by atoms with Crippen molar-refractivity contribution in [3.05, 3.63) is 132 Å². The second kappa shape index (κ2) is 11.4. The molecular formula is C40H38N4O. The summed E-state index contributed by atoms with van der Waals surface area (Å²) < 4.78 is 10.8. The molecule has 0 spiro atoms. The topological polar surface area (TPSA) is 44.9 Å². The van der Waals surface area contributed by atoms with E-state index in [0.717, 1.165) is 51.0 Å². The van der Waals surface area contributed by atoms with Crippen molar-refractivity contribution in [1.29, 1.82) is 0 Å². The standard InChI is InChI=1S/C40H38N4O/c1-25(2)30-15-18-37-36(21-30)35-17-16-34(24-38(35)43(37)39-22-31(26(3)4)19-20-41-39)45-33-14-10-13-32(23-33)44-28(6)40(27(5)42-44)29-11-8-7-9-12-29/h7-26H,1-6H3. The third kappa shape index (κ3) is 5.18. The van der Waals surface area contributed by atoms with E-state index in [1.165, 1.54) is 27.5 Å². The molecule has 3 heterocycles. The molecule has 0 radical (unpaired) electrons. The quantitative estimate of drug-likeness (QED) is 0.185. The summed E-state index contributed by atoms with van der Waals surface area (Å²) in [5.74, 6) is 3.29. The zero-order valence-corrected chi connectivity index (χ0v) is 26.7. The van der Waals surface area contributed by atoms with Gasteiger partial charge in [0.15, 0.2) is 0 Å². The van der Waals surface area contributed by atoms with Crippen molar-refractivity contribution < 1.29 is 4.74 Å². The number of nitrogens with zero attached hydrogens (tertiary/aromatic N) is 4. The molecule has 4 aromatic carbocycles. The van der Waals surface area contributed by atoms with E-state index in [1.54, 1.807) is 0 Å². The van der Waals surface area contributed by atoms with Crippen LogP contribution in [0.3, 0.4) is 0 Å². The molecule has 0 fully saturated rings. The van der Waals surface area contributed by atoms with Crippen LogP contribution in [0.15, 0.2) is 109 Å². The van der Waals surface area contributed by atoms with Crippen molar-refractivity contribution in [2.45, 2.75) is 53.4 Å². The number of fused-ring (bicyclic) bond motifs is 3. The fourth-order valence-electron chi connectivity index (χ4n) is 6.33. The van der Waals surface area contributed by atoms with Crippen molar-refractivity contribution in [3.63, 3.8) is 0 Å². The molecule has 5 heteroatoms. The summed E-state index contributed by atoms with van der Waals surface area (Å²) in [7, 11) is 0. The summed E-state index contributed by atoms with van der Waals surface area (Å²) >= 11 is 0. The maximum absolute atomic E-state index is 6.55. The second-order valence-electron chi connectivity index (χ2n) is 12.5. The number of hydrogen-bond donors (Lipinski definition) is 0. The monoisotopic (exact) mass is 590 g/mol. The molecule has 45 heavy (non-hydrogen) atoms. The number of benzene rings is 4. The lowest BCUT2D eigenvalue weighted by Crippen LogP contribution is -2.00. The summed E-state index contributed by atoms with van der Waals surface area (Å²) in [4.78, 5) is 4.83. The van der Waals surface area contributed by atoms with Crippen LogP contribution in [0.4, 0.5) is 0 Å². The molecule has 0 saturated carbocycles. The number of pyridine rings is 1. The number of hydrogen-bond acceptors (Lipinski definition) is 3. The molecular weight excluding hydrogens is 552 g/mol. The molecule has 0 atom stereocenters. The number of aromatic nitrogens is 4. The lowest BCUT2D eigenvalue weighted by atomic mass is 10.0. The molecule has 5 nitrogen and oxygen atoms in total. The van der Waals surface area contributed by atoms with Gasteiger partial charge in [-0.2, -0.15) is 5.10 Å². The van der Waals surface area contributed by atoms with Gasteiger partial charge in [-0.1, -0.05) is 70.2 Å². The molecule has 0 aliphatic heterocycles. The van der Waals surface area contributed by atoms with E-state index in [4.69, 9.17) is 14.8 Å². The van der Waals surface area contributed by atoms with Crippen LogP contribution in [-0.2, 0) is 0 Å². The Labute approximate surface area is 264 Å². The maximum Gasteiger partial charge on any atom is 0.137 e. The normalized spacial score (nSPS) is 11.7. The van der Waals surface area contributed by atoms with Crippen LogP contribution in [0.25, 0.3) is 44.4 Å². The summed E-state index contributed by atoms with van der Waals surface area (Å²) in [6, 6.07) is 36.1. The largest absolute Gasteiger partial charge is 0.457 e. The highest BCUT2D eigenvalue weighted by atomic mass is 16.5. The molecule has 7 rings (SSSR count). The smallest absolute Gasteiger partial charge is 0.137 e. The van der Waals surface area contributed by atoms with Crippen molar-refractivity contribution in [3.8, 4) is 34.1 Å². The van der Waals surface area contributed by atoms with Crippen LogP contribution in [-0.4, -0.2) is 19.3 Å². The van der Waals surface area contributed by atoms with E-state index >= 15 is 0 Å². The fraction of sp³-hybridized carbons (Fsp3) is 0.200. The fourth-order valence-corrected chi connectivity index (χ4v) is 6.33. The van der Waals surface area contributed by atoms with E-state index in [0.29, 0.717) is 11.8 Å². The minimum absolute atomic E-state index is 0.407. The molecule has 0 N–H and O–H groups in total. The zero-order valence-electron chi connectivity index (χ0n) is 26.7. The highest BCUT2D eigenvalue weighted by Gasteiger charge is 2.18. The third-order valence-corrected chi connectivity index (χ3v) is 8.75. The zero-order chi connectivity index (χ0) is 31.2. The van der Waals surface area contributed by atoms with Crippen LogP contribution < -0.4 is 4.74 Å². The number of ether oxygens (including phenoxy) is 1. The van der Waals surface area contributed by atoms with Crippen LogP contribution >= 0.6 is 0 Å². The van der Waals surface area contributed by atoms with Crippen LogP contribution in [0, 0.1) is 13.8 Å². The Bertz CT molecular complexity index is 2170. The molecule has 0 aliphatic carbocycles. The van der Waals surface area contributed by atoms with Gasteiger partial charge in [-0.3, -0.25) is 4.57 Å². The van der Waals surface area contributed by atoms with Crippen molar-refractivity contribution >= 4 is 21.8 Å². The first-order valence-corrected chi connectivity index (χ1v) is 15.7. The van der Waals surface area contributed by atoms with E-state index in [2.05, 4.69) is 131 Å². The minimum Gasteiger partial charge on any atom is -0.457 e. The molecule has 224 valence electrons. The molecule has 3 aromatic heterocycles. The molecule has 7 aromatic rings. The van der Waals surface area contributed by atoms with Gasteiger partial charge < -0.3 is 4.74 Å². The Morgan fingerprint density at radius 1 is 0.644 bits per heavy atom. The molecule has 0 bridgehead atoms. The van der Waals surface area contributed by atoms with Crippen LogP contribution in [0.1, 0.15) is 62.0 Å². The Balaban J connectivity index is 1.31. The van der Waals surface area contributed by atoms with Gasteiger partial charge in [-0.15, -0.1) is 0 Å². The van der Waals surface area contributed by atoms with E-state index < -0.39 is 0 Å². The first-order chi connectivity index (χ1) is 21.8. The predicted molar refractivity (Wildman–Crippen MR) is 185 cm³/mol. The van der Waals surface area contributed by atoms with Gasteiger partial charge >= 0.3 is 0 Å². The van der Waals surface area contributed by atoms with Crippen LogP contribution in [0.5, 0.6) is 11.5 Å². The van der Waals surface area contributed by atoms with Crippen molar-refractivity contribution in [2.75, 3.05) is 0 Å². The Kier molecular flexibility index (Phi) is 7.25. The average molecular weight is 591 g/mol. The summed E-state index contributed by atoms with van der Waals surface area (Å²) in [5, 5.41) is 7.31. The van der Waals surface area contributed by atoms with E-state index in [9.17, 15) is 0 Å². The summed E-state index contributed by atoms with van der Waals surface area (Å²) in [5.41, 5.74) is 10.2. The molecule has 0 saturated heterocycles. The number of aryl methyl sites for hydroxylation is 1. The lowest BCUT2D eigenvalue weighted by Gasteiger charge is -2.12. The Hall–Kier alpha value is -5.16. The molecule has 0 amide bonds. The van der Waals surface area contributed by atoms with E-state index in [1.807, 2.05) is 29.1 Å². The second-order valence-corrected chi connectivity index (χ2v) is 12.5. The Morgan fingerprint density at radius 3 is 2.18 bits per heavy atom. The minimum atomic E-state index is 0.407. The third-order valence-electron chi connectivity index (χ3n) is 8.75. The van der Waals surface area contributed by atoms with E-state index in [-0.39, 0.29) is 0 Å². The van der Waals surface area contributed by atoms with Gasteiger partial charge in [0, 0.05) is 40.4 Å². The number of rotatable bonds is 7. The summed E-state index contributed by atoms with van der Waals surface area (Å²) in [6.07, 6.45) is 1.92. The molecule has 0 unspecified atom stereocenters. The Morgan fingerprint density at radius 2 is 1.40 bits per heavy atom. The summed E-state index contributed by atoms with van der Waals surface area (Å²) in [6.45, 7) is 13.1. The van der Waals surface area contributed by atoms with Gasteiger partial charge in [0.2, 0.25) is 0 Å². The first kappa shape index (κ1) is 28.6. The van der Waals surface area contributed by atoms with Crippen molar-refractivity contribution in [2.24, 2.45) is 0 Å². The SMILES string of the molecule is Cc1nn(-c2cccc(Oc3ccc4c5cc(C(C)C)ccc5n(-c5cc(C(C)C)ccn5)c4c3)c2)c(C)c1-c1ccccc1. The lowest BCUT2D eigenvalue weighted by molar-refractivity contribution is 0.482. The van der Waals surface area contributed by atoms with Gasteiger partial charge in [0.05, 0.1) is 22.4 Å². The van der Waals surface area contributed by atoms with Gasteiger partial charge in [-0.25, -0.2) is 9.67 Å². The predicted octanol–water partition coefficient (Wildman–Crippen LogP) is 10.7. The van der Waals surface area contributed by atoms with Crippen molar-refractivity contribution in [1.82, 2.24) is 19.3 Å². The maximum atomic E-state index is 6.55.